The lowest BCUT2D eigenvalue weighted by Crippen LogP contribution is -2.13. The van der Waals surface area contributed by atoms with Gasteiger partial charge < -0.3 is 5.32 Å². The molecule has 0 saturated heterocycles. The maximum absolute atomic E-state index is 13.4. The van der Waals surface area contributed by atoms with E-state index >= 15 is 0 Å². The summed E-state index contributed by atoms with van der Waals surface area (Å²) in [7, 11) is 0. The molecule has 154 valence electrons. The van der Waals surface area contributed by atoms with Crippen molar-refractivity contribution in [3.8, 4) is 16.6 Å². The summed E-state index contributed by atoms with van der Waals surface area (Å²) < 4.78 is 0. The molecule has 1 aliphatic carbocycles. The van der Waals surface area contributed by atoms with Crippen LogP contribution in [0.5, 0.6) is 0 Å². The van der Waals surface area contributed by atoms with Crippen LogP contribution in [0.15, 0.2) is 42.5 Å². The van der Waals surface area contributed by atoms with Crippen molar-refractivity contribution >= 4 is 44.5 Å². The second kappa shape index (κ2) is 7.92. The van der Waals surface area contributed by atoms with E-state index in [2.05, 4.69) is 31.3 Å². The van der Waals surface area contributed by atoms with Crippen molar-refractivity contribution in [2.24, 2.45) is 5.92 Å². The van der Waals surface area contributed by atoms with Crippen molar-refractivity contribution in [2.45, 2.75) is 33.1 Å². The first kappa shape index (κ1) is 19.9. The molecule has 0 fully saturated rings. The molecule has 6 heteroatoms. The standard InChI is InChI=1S/C25H21N3OS2/c1-14-7-9-17-19(13-26)25(31-23(17)11-14)28-24(29)18-12-21(22-10-8-15(2)30-22)27-20-6-4-3-5-16(18)20/h3-6,8,10,12,14H,7,9,11H2,1-2H3,(H,28,29)/t14-/m0/s1. The number of carbonyl (C=O) groups is 1. The number of para-hydroxylation sites is 1. The van der Waals surface area contributed by atoms with Gasteiger partial charge in [0.25, 0.3) is 5.91 Å². The van der Waals surface area contributed by atoms with Crippen LogP contribution >= 0.6 is 22.7 Å². The predicted molar refractivity (Wildman–Crippen MR) is 128 cm³/mol. The summed E-state index contributed by atoms with van der Waals surface area (Å²) in [4.78, 5) is 21.7. The number of hydrogen-bond donors (Lipinski definition) is 1. The van der Waals surface area contributed by atoms with Gasteiger partial charge >= 0.3 is 0 Å². The number of carbonyl (C=O) groups excluding carboxylic acids is 1. The summed E-state index contributed by atoms with van der Waals surface area (Å²) in [5.74, 6) is 0.415. The fourth-order valence-corrected chi connectivity index (χ4v) is 6.37. The van der Waals surface area contributed by atoms with Crippen LogP contribution in [0, 0.1) is 24.2 Å². The third-order valence-electron chi connectivity index (χ3n) is 5.80. The third kappa shape index (κ3) is 3.65. The summed E-state index contributed by atoms with van der Waals surface area (Å²) >= 11 is 3.22. The predicted octanol–water partition coefficient (Wildman–Crippen LogP) is 6.58. The zero-order valence-electron chi connectivity index (χ0n) is 17.4. The minimum Gasteiger partial charge on any atom is -0.312 e. The van der Waals surface area contributed by atoms with Crippen LogP contribution in [0.1, 0.15) is 44.6 Å². The molecule has 31 heavy (non-hydrogen) atoms. The van der Waals surface area contributed by atoms with E-state index in [-0.39, 0.29) is 5.91 Å². The van der Waals surface area contributed by atoms with Gasteiger partial charge in [-0.2, -0.15) is 5.26 Å². The van der Waals surface area contributed by atoms with Crippen LogP contribution in [0.25, 0.3) is 21.5 Å². The molecule has 5 rings (SSSR count). The number of rotatable bonds is 3. The lowest BCUT2D eigenvalue weighted by molar-refractivity contribution is 0.102. The number of aromatic nitrogens is 1. The fourth-order valence-electron chi connectivity index (χ4n) is 4.19. The van der Waals surface area contributed by atoms with Crippen molar-refractivity contribution in [3.63, 3.8) is 0 Å². The Labute approximate surface area is 189 Å². The molecule has 0 bridgehead atoms. The lowest BCUT2D eigenvalue weighted by Gasteiger charge is -2.17. The van der Waals surface area contributed by atoms with E-state index in [4.69, 9.17) is 4.98 Å². The largest absolute Gasteiger partial charge is 0.312 e. The van der Waals surface area contributed by atoms with Crippen LogP contribution in [-0.2, 0) is 12.8 Å². The molecule has 1 aromatic carbocycles. The van der Waals surface area contributed by atoms with Gasteiger partial charge in [0.15, 0.2) is 0 Å². The maximum atomic E-state index is 13.4. The Balaban J connectivity index is 1.57. The molecule has 3 heterocycles. The van der Waals surface area contributed by atoms with E-state index in [1.807, 2.05) is 36.4 Å². The van der Waals surface area contributed by atoms with Gasteiger partial charge in [-0.05, 0) is 61.9 Å². The summed E-state index contributed by atoms with van der Waals surface area (Å²) in [5, 5.41) is 14.3. The Morgan fingerprint density at radius 3 is 2.84 bits per heavy atom. The van der Waals surface area contributed by atoms with Crippen LogP contribution in [-0.4, -0.2) is 10.9 Å². The lowest BCUT2D eigenvalue weighted by atomic mass is 9.88. The van der Waals surface area contributed by atoms with Gasteiger partial charge in [-0.25, -0.2) is 4.98 Å². The number of nitriles is 1. The first-order valence-corrected chi connectivity index (χ1v) is 12.0. The van der Waals surface area contributed by atoms with E-state index in [0.717, 1.165) is 46.3 Å². The molecule has 1 amide bonds. The Hall–Kier alpha value is -3.01. The number of thiophene rings is 2. The van der Waals surface area contributed by atoms with E-state index in [9.17, 15) is 10.1 Å². The quantitative estimate of drug-likeness (QED) is 0.389. The second-order valence-electron chi connectivity index (χ2n) is 8.10. The fraction of sp³-hybridized carbons (Fsp3) is 0.240. The highest BCUT2D eigenvalue weighted by molar-refractivity contribution is 7.16. The van der Waals surface area contributed by atoms with Crippen LogP contribution in [0.4, 0.5) is 5.00 Å². The molecule has 4 nitrogen and oxygen atoms in total. The third-order valence-corrected chi connectivity index (χ3v) is 8.00. The van der Waals surface area contributed by atoms with Gasteiger partial charge in [0, 0.05) is 15.1 Å². The second-order valence-corrected chi connectivity index (χ2v) is 10.5. The first-order chi connectivity index (χ1) is 15.0. The van der Waals surface area contributed by atoms with Crippen molar-refractivity contribution in [1.29, 1.82) is 5.26 Å². The maximum Gasteiger partial charge on any atom is 0.257 e. The molecule has 0 radical (unpaired) electrons. The van der Waals surface area contributed by atoms with Crippen LogP contribution in [0.2, 0.25) is 0 Å². The molecule has 0 unspecified atom stereocenters. The molecule has 1 atom stereocenters. The summed E-state index contributed by atoms with van der Waals surface area (Å²) in [5.41, 5.74) is 3.91. The van der Waals surface area contributed by atoms with Gasteiger partial charge in [0.2, 0.25) is 0 Å². The van der Waals surface area contributed by atoms with Gasteiger partial charge in [0.1, 0.15) is 11.1 Å². The van der Waals surface area contributed by atoms with Gasteiger partial charge in [-0.15, -0.1) is 22.7 Å². The number of aryl methyl sites for hydroxylation is 1. The molecular formula is C25H21N3OS2. The van der Waals surface area contributed by atoms with E-state index in [1.54, 1.807) is 22.7 Å². The van der Waals surface area contributed by atoms with E-state index < -0.39 is 0 Å². The summed E-state index contributed by atoms with van der Waals surface area (Å²) in [6.45, 7) is 4.30. The summed E-state index contributed by atoms with van der Waals surface area (Å²) in [6.07, 6.45) is 2.97. The first-order valence-electron chi connectivity index (χ1n) is 10.4. The van der Waals surface area contributed by atoms with Crippen molar-refractivity contribution in [1.82, 2.24) is 4.98 Å². The Kier molecular flexibility index (Phi) is 5.09. The molecule has 3 aromatic heterocycles. The number of benzene rings is 1. The highest BCUT2D eigenvalue weighted by atomic mass is 32.1. The van der Waals surface area contributed by atoms with Crippen molar-refractivity contribution in [2.75, 3.05) is 5.32 Å². The molecular weight excluding hydrogens is 422 g/mol. The van der Waals surface area contributed by atoms with Crippen molar-refractivity contribution in [3.05, 3.63) is 68.9 Å². The molecule has 1 N–H and O–H groups in total. The monoisotopic (exact) mass is 443 g/mol. The number of amides is 1. The Morgan fingerprint density at radius 1 is 1.23 bits per heavy atom. The number of pyridine rings is 1. The summed E-state index contributed by atoms with van der Waals surface area (Å²) in [6, 6.07) is 16.0. The molecule has 1 aliphatic rings. The smallest absolute Gasteiger partial charge is 0.257 e. The minimum absolute atomic E-state index is 0.198. The van der Waals surface area contributed by atoms with Gasteiger partial charge in [0.05, 0.1) is 27.2 Å². The molecule has 0 aliphatic heterocycles. The SMILES string of the molecule is Cc1ccc(-c2cc(C(=O)Nc3sc4c(c3C#N)CC[C@H](C)C4)c3ccccc3n2)s1. The molecule has 0 saturated carbocycles. The topological polar surface area (TPSA) is 65.8 Å². The highest BCUT2D eigenvalue weighted by Gasteiger charge is 2.25. The normalized spacial score (nSPS) is 15.5. The average molecular weight is 444 g/mol. The highest BCUT2D eigenvalue weighted by Crippen LogP contribution is 2.39. The number of nitrogens with one attached hydrogen (secondary N) is 1. The number of hydrogen-bond acceptors (Lipinski definition) is 5. The molecule has 0 spiro atoms. The number of fused-ring (bicyclic) bond motifs is 2. The van der Waals surface area contributed by atoms with Crippen LogP contribution < -0.4 is 5.32 Å². The van der Waals surface area contributed by atoms with Gasteiger partial charge in [-0.3, -0.25) is 4.79 Å². The molecule has 4 aromatic rings. The van der Waals surface area contributed by atoms with E-state index in [0.29, 0.717) is 22.0 Å². The average Bonchev–Trinajstić information content (AvgIpc) is 3.35. The van der Waals surface area contributed by atoms with Crippen LogP contribution in [0.3, 0.4) is 0 Å². The Morgan fingerprint density at radius 2 is 2.06 bits per heavy atom. The zero-order valence-corrected chi connectivity index (χ0v) is 19.0. The van der Waals surface area contributed by atoms with Gasteiger partial charge in [-0.1, -0.05) is 25.1 Å². The zero-order chi connectivity index (χ0) is 21.5. The number of nitrogens with zero attached hydrogens (tertiary/aromatic N) is 2. The number of anilines is 1. The Bertz CT molecular complexity index is 1360. The minimum atomic E-state index is -0.198. The van der Waals surface area contributed by atoms with Crippen molar-refractivity contribution < 1.29 is 4.79 Å². The van der Waals surface area contributed by atoms with E-state index in [1.165, 1.54) is 9.75 Å².